The number of anilines is 2. The quantitative estimate of drug-likeness (QED) is 0.0749. The van der Waals surface area contributed by atoms with Crippen molar-refractivity contribution in [2.75, 3.05) is 23.7 Å². The van der Waals surface area contributed by atoms with E-state index >= 15 is 0 Å². The monoisotopic (exact) mass is 661 g/mol. The highest BCUT2D eigenvalue weighted by Crippen LogP contribution is 2.22. The molecule has 0 unspecified atom stereocenters. The van der Waals surface area contributed by atoms with Gasteiger partial charge in [0.15, 0.2) is 0 Å². The van der Waals surface area contributed by atoms with E-state index in [1.165, 1.54) is 179 Å². The van der Waals surface area contributed by atoms with Gasteiger partial charge in [-0.25, -0.2) is 0 Å². The second-order valence-corrected chi connectivity index (χ2v) is 14.5. The molecule has 2 aromatic rings. The largest absolute Gasteiger partial charge is 0.385 e. The number of benzene rings is 1. The van der Waals surface area contributed by atoms with E-state index < -0.39 is 0 Å². The van der Waals surface area contributed by atoms with Crippen molar-refractivity contribution in [3.8, 4) is 11.1 Å². The van der Waals surface area contributed by atoms with Gasteiger partial charge < -0.3 is 10.6 Å². The fourth-order valence-electron chi connectivity index (χ4n) is 6.78. The average molecular weight is 661 g/mol. The van der Waals surface area contributed by atoms with Gasteiger partial charge in [-0.2, -0.15) is 0 Å². The van der Waals surface area contributed by atoms with E-state index in [4.69, 9.17) is 0 Å². The number of nitrogens with one attached hydrogen (secondary N) is 2. The Morgan fingerprint density at radius 2 is 0.667 bits per heavy atom. The Bertz CT molecular complexity index is 1050. The molecule has 0 aromatic heterocycles. The van der Waals surface area contributed by atoms with E-state index in [1.807, 2.05) is 12.1 Å². The van der Waals surface area contributed by atoms with E-state index in [1.54, 1.807) is 6.07 Å². The standard InChI is InChI=1S/C45H76N2O/c1-3-5-7-9-11-13-15-17-19-21-23-25-27-29-39-46-43-35-31-41(32-36-43)42-33-37-44(45(48)38-34-42)47-40-30-28-26-24-22-20-18-16-14-12-10-8-6-4-2/h31-38,46H,3-30,39-40H2,1-2H3,(H,47,48). The first-order valence-electron chi connectivity index (χ1n) is 21.0. The Morgan fingerprint density at radius 1 is 0.354 bits per heavy atom. The molecule has 0 aliphatic rings. The molecule has 0 bridgehead atoms. The van der Waals surface area contributed by atoms with Crippen LogP contribution in [0.5, 0.6) is 0 Å². The summed E-state index contributed by atoms with van der Waals surface area (Å²) in [5, 5.41) is 7.00. The Morgan fingerprint density at radius 3 is 1.06 bits per heavy atom. The zero-order valence-electron chi connectivity index (χ0n) is 31.7. The Balaban J connectivity index is 1.50. The third-order valence-electron chi connectivity index (χ3n) is 10.0. The maximum absolute atomic E-state index is 12.7. The van der Waals surface area contributed by atoms with E-state index in [-0.39, 0.29) is 5.43 Å². The fraction of sp³-hybridized carbons (Fsp3) is 0.711. The van der Waals surface area contributed by atoms with Crippen molar-refractivity contribution in [3.05, 3.63) is 58.8 Å². The molecule has 0 heterocycles. The molecule has 48 heavy (non-hydrogen) atoms. The van der Waals surface area contributed by atoms with Crippen LogP contribution < -0.4 is 16.1 Å². The number of hydrogen-bond donors (Lipinski definition) is 2. The van der Waals surface area contributed by atoms with Crippen molar-refractivity contribution in [3.63, 3.8) is 0 Å². The van der Waals surface area contributed by atoms with Crippen molar-refractivity contribution >= 4 is 11.4 Å². The Hall–Kier alpha value is -2.29. The van der Waals surface area contributed by atoms with E-state index in [0.717, 1.165) is 30.6 Å². The molecule has 2 aromatic carbocycles. The summed E-state index contributed by atoms with van der Waals surface area (Å²) < 4.78 is 0. The van der Waals surface area contributed by atoms with E-state index in [2.05, 4.69) is 54.8 Å². The lowest BCUT2D eigenvalue weighted by Crippen LogP contribution is -2.09. The first kappa shape index (κ1) is 41.9. The second-order valence-electron chi connectivity index (χ2n) is 14.5. The van der Waals surface area contributed by atoms with Gasteiger partial charge in [-0.1, -0.05) is 205 Å². The normalized spacial score (nSPS) is 11.2. The first-order valence-corrected chi connectivity index (χ1v) is 21.0. The topological polar surface area (TPSA) is 41.1 Å². The van der Waals surface area contributed by atoms with Gasteiger partial charge in [0.1, 0.15) is 0 Å². The molecular weight excluding hydrogens is 585 g/mol. The molecule has 0 atom stereocenters. The fourth-order valence-corrected chi connectivity index (χ4v) is 6.78. The lowest BCUT2D eigenvalue weighted by molar-refractivity contribution is 0.537. The molecule has 2 rings (SSSR count). The van der Waals surface area contributed by atoms with Crippen LogP contribution in [0.4, 0.5) is 11.4 Å². The van der Waals surface area contributed by atoms with E-state index in [0.29, 0.717) is 5.69 Å². The maximum atomic E-state index is 12.7. The van der Waals surface area contributed by atoms with Crippen LogP contribution in [-0.4, -0.2) is 13.1 Å². The smallest absolute Gasteiger partial charge is 0.201 e. The summed E-state index contributed by atoms with van der Waals surface area (Å²) in [4.78, 5) is 12.7. The zero-order chi connectivity index (χ0) is 34.2. The zero-order valence-corrected chi connectivity index (χ0v) is 31.7. The number of hydrogen-bond acceptors (Lipinski definition) is 3. The molecule has 0 saturated carbocycles. The average Bonchev–Trinajstić information content (AvgIpc) is 3.29. The molecule has 0 aliphatic carbocycles. The van der Waals surface area contributed by atoms with Crippen LogP contribution in [-0.2, 0) is 0 Å². The molecule has 0 saturated heterocycles. The summed E-state index contributed by atoms with van der Waals surface area (Å²) in [5.41, 5.74) is 4.18. The van der Waals surface area contributed by atoms with Gasteiger partial charge in [-0.05, 0) is 48.2 Å². The van der Waals surface area contributed by atoms with Gasteiger partial charge in [-0.3, -0.25) is 4.79 Å². The van der Waals surface area contributed by atoms with Crippen LogP contribution in [0.25, 0.3) is 11.1 Å². The lowest BCUT2D eigenvalue weighted by Gasteiger charge is -2.08. The predicted molar refractivity (Wildman–Crippen MR) is 216 cm³/mol. The highest BCUT2D eigenvalue weighted by atomic mass is 16.1. The summed E-state index contributed by atoms with van der Waals surface area (Å²) >= 11 is 0. The van der Waals surface area contributed by atoms with E-state index in [9.17, 15) is 4.79 Å². The van der Waals surface area contributed by atoms with Crippen LogP contribution in [0, 0.1) is 0 Å². The van der Waals surface area contributed by atoms with Gasteiger partial charge in [0.05, 0.1) is 5.69 Å². The molecule has 0 fully saturated rings. The van der Waals surface area contributed by atoms with Crippen molar-refractivity contribution in [2.24, 2.45) is 0 Å². The Labute approximate surface area is 297 Å². The molecule has 272 valence electrons. The molecular formula is C45H76N2O. The molecule has 0 amide bonds. The van der Waals surface area contributed by atoms with Crippen LogP contribution in [0.2, 0.25) is 0 Å². The minimum Gasteiger partial charge on any atom is -0.385 e. The van der Waals surface area contributed by atoms with Crippen molar-refractivity contribution in [1.82, 2.24) is 0 Å². The second kappa shape index (κ2) is 30.7. The molecule has 3 heteroatoms. The van der Waals surface area contributed by atoms with Crippen LogP contribution in [0.3, 0.4) is 0 Å². The predicted octanol–water partition coefficient (Wildman–Crippen LogP) is 14.5. The Kier molecular flexibility index (Phi) is 26.8. The summed E-state index contributed by atoms with van der Waals surface area (Å²) in [6, 6.07) is 16.4. The maximum Gasteiger partial charge on any atom is 0.201 e. The first-order chi connectivity index (χ1) is 23.7. The van der Waals surface area contributed by atoms with Crippen LogP contribution in [0.1, 0.15) is 194 Å². The summed E-state index contributed by atoms with van der Waals surface area (Å²) in [7, 11) is 0. The highest BCUT2D eigenvalue weighted by Gasteiger charge is 2.02. The van der Waals surface area contributed by atoms with Crippen LogP contribution in [0.15, 0.2) is 53.3 Å². The minimum atomic E-state index is 0.0677. The number of unbranched alkanes of at least 4 members (excludes halogenated alkanes) is 26. The van der Waals surface area contributed by atoms with Crippen molar-refractivity contribution < 1.29 is 0 Å². The highest BCUT2D eigenvalue weighted by molar-refractivity contribution is 5.66. The molecule has 0 spiro atoms. The lowest BCUT2D eigenvalue weighted by atomic mass is 10.0. The third-order valence-corrected chi connectivity index (χ3v) is 10.0. The van der Waals surface area contributed by atoms with Gasteiger partial charge in [0.25, 0.3) is 0 Å². The minimum absolute atomic E-state index is 0.0677. The van der Waals surface area contributed by atoms with Crippen LogP contribution >= 0.6 is 0 Å². The molecule has 0 radical (unpaired) electrons. The molecule has 0 aliphatic heterocycles. The molecule has 2 N–H and O–H groups in total. The summed E-state index contributed by atoms with van der Waals surface area (Å²) in [6.07, 6.45) is 38.6. The van der Waals surface area contributed by atoms with Crippen molar-refractivity contribution in [1.29, 1.82) is 0 Å². The van der Waals surface area contributed by atoms with Gasteiger partial charge in [-0.15, -0.1) is 0 Å². The molecule has 3 nitrogen and oxygen atoms in total. The van der Waals surface area contributed by atoms with Gasteiger partial charge >= 0.3 is 0 Å². The summed E-state index contributed by atoms with van der Waals surface area (Å²) in [5.74, 6) is 0. The number of rotatable bonds is 33. The SMILES string of the molecule is CCCCCCCCCCCCCCCCNc1ccc(-c2ccc(NCCCCCCCCCCCCCCCC)c(=O)cc2)cc1. The third kappa shape index (κ3) is 22.4. The van der Waals surface area contributed by atoms with Gasteiger partial charge in [0.2, 0.25) is 5.43 Å². The van der Waals surface area contributed by atoms with Gasteiger partial charge in [0, 0.05) is 18.8 Å². The summed E-state index contributed by atoms with van der Waals surface area (Å²) in [6.45, 7) is 6.48. The van der Waals surface area contributed by atoms with Crippen molar-refractivity contribution in [2.45, 2.75) is 194 Å².